The van der Waals surface area contributed by atoms with E-state index in [-0.39, 0.29) is 18.5 Å². The molecule has 0 unspecified atom stereocenters. The molecule has 0 saturated carbocycles. The average Bonchev–Trinajstić information content (AvgIpc) is 2.29. The fraction of sp³-hybridized carbons (Fsp3) is 0.375. The molecule has 0 aromatic carbocycles. The second kappa shape index (κ2) is 6.20. The van der Waals surface area contributed by atoms with Crippen molar-refractivity contribution in [3.63, 3.8) is 0 Å². The lowest BCUT2D eigenvalue weighted by molar-refractivity contribution is 0.167. The molecule has 0 spiro atoms. The molecule has 1 aromatic rings. The fourth-order valence-electron chi connectivity index (χ4n) is 0.818. The first-order valence-electron chi connectivity index (χ1n) is 4.63. The first-order chi connectivity index (χ1) is 8.15. The van der Waals surface area contributed by atoms with Crippen LogP contribution in [0.15, 0.2) is 6.33 Å². The van der Waals surface area contributed by atoms with Gasteiger partial charge in [-0.1, -0.05) is 0 Å². The third kappa shape index (κ3) is 4.28. The van der Waals surface area contributed by atoms with E-state index in [0.717, 1.165) is 6.33 Å². The standard InChI is InChI=1S/C8H11N5O4/c1-3-17-8(15)13-6-10-4-9-5(11-6)12-7(14)16-2/h4H,3H2,1-2H3,(H2,9,10,11,12,13,14,15). The first-order valence-corrected chi connectivity index (χ1v) is 4.63. The van der Waals surface area contributed by atoms with Crippen LogP contribution in [-0.4, -0.2) is 40.9 Å². The van der Waals surface area contributed by atoms with Crippen molar-refractivity contribution in [1.82, 2.24) is 15.0 Å². The van der Waals surface area contributed by atoms with E-state index in [9.17, 15) is 9.59 Å². The van der Waals surface area contributed by atoms with Crippen LogP contribution in [0, 0.1) is 0 Å². The van der Waals surface area contributed by atoms with Crippen molar-refractivity contribution in [2.45, 2.75) is 6.92 Å². The number of carbonyl (C=O) groups is 2. The van der Waals surface area contributed by atoms with Crippen LogP contribution in [0.25, 0.3) is 0 Å². The number of hydrogen-bond acceptors (Lipinski definition) is 7. The molecule has 2 N–H and O–H groups in total. The fourth-order valence-corrected chi connectivity index (χ4v) is 0.818. The minimum absolute atomic E-state index is 0.0372. The number of amides is 2. The summed E-state index contributed by atoms with van der Waals surface area (Å²) in [4.78, 5) is 33.0. The van der Waals surface area contributed by atoms with E-state index in [1.165, 1.54) is 7.11 Å². The van der Waals surface area contributed by atoms with Crippen molar-refractivity contribution in [2.24, 2.45) is 0 Å². The van der Waals surface area contributed by atoms with Gasteiger partial charge in [0.15, 0.2) is 0 Å². The normalized spacial score (nSPS) is 9.29. The zero-order chi connectivity index (χ0) is 12.7. The van der Waals surface area contributed by atoms with Crippen LogP contribution in [-0.2, 0) is 9.47 Å². The van der Waals surface area contributed by atoms with Crippen LogP contribution in [0.3, 0.4) is 0 Å². The molecule has 0 aliphatic heterocycles. The maximum Gasteiger partial charge on any atom is 0.414 e. The lowest BCUT2D eigenvalue weighted by Crippen LogP contribution is -2.18. The highest BCUT2D eigenvalue weighted by atomic mass is 16.5. The van der Waals surface area contributed by atoms with E-state index in [4.69, 9.17) is 0 Å². The summed E-state index contributed by atoms with van der Waals surface area (Å²) < 4.78 is 8.98. The molecule has 0 aliphatic carbocycles. The van der Waals surface area contributed by atoms with E-state index in [1.807, 2.05) is 0 Å². The molecular weight excluding hydrogens is 230 g/mol. The number of hydrogen-bond donors (Lipinski definition) is 2. The van der Waals surface area contributed by atoms with E-state index < -0.39 is 12.2 Å². The van der Waals surface area contributed by atoms with Crippen LogP contribution in [0.4, 0.5) is 21.5 Å². The highest BCUT2D eigenvalue weighted by molar-refractivity contribution is 5.84. The van der Waals surface area contributed by atoms with Crippen molar-refractivity contribution >= 4 is 24.1 Å². The molecule has 1 rings (SSSR count). The van der Waals surface area contributed by atoms with Crippen LogP contribution in [0.1, 0.15) is 6.92 Å². The predicted molar refractivity (Wildman–Crippen MR) is 56.5 cm³/mol. The third-order valence-electron chi connectivity index (χ3n) is 1.46. The Morgan fingerprint density at radius 1 is 1.24 bits per heavy atom. The zero-order valence-corrected chi connectivity index (χ0v) is 9.26. The summed E-state index contributed by atoms with van der Waals surface area (Å²) in [6, 6.07) is 0. The minimum atomic E-state index is -0.724. The van der Waals surface area contributed by atoms with Crippen LogP contribution >= 0.6 is 0 Å². The Kier molecular flexibility index (Phi) is 4.60. The number of carbonyl (C=O) groups excluding carboxylic acids is 2. The van der Waals surface area contributed by atoms with Gasteiger partial charge in [0.25, 0.3) is 0 Å². The van der Waals surface area contributed by atoms with E-state index in [2.05, 4.69) is 35.1 Å². The van der Waals surface area contributed by atoms with Crippen molar-refractivity contribution in [3.8, 4) is 0 Å². The predicted octanol–water partition coefficient (Wildman–Crippen LogP) is 0.618. The highest BCUT2D eigenvalue weighted by Crippen LogP contribution is 2.02. The molecule has 9 heteroatoms. The summed E-state index contributed by atoms with van der Waals surface area (Å²) in [7, 11) is 1.20. The molecule has 0 radical (unpaired) electrons. The number of rotatable bonds is 3. The summed E-state index contributed by atoms with van der Waals surface area (Å²) in [5, 5.41) is 4.48. The summed E-state index contributed by atoms with van der Waals surface area (Å²) in [5.41, 5.74) is 0. The topological polar surface area (TPSA) is 115 Å². The van der Waals surface area contributed by atoms with E-state index in [0.29, 0.717) is 0 Å². The molecular formula is C8H11N5O4. The molecule has 0 bridgehead atoms. The van der Waals surface area contributed by atoms with Gasteiger partial charge < -0.3 is 9.47 Å². The van der Waals surface area contributed by atoms with Crippen molar-refractivity contribution in [3.05, 3.63) is 6.33 Å². The smallest absolute Gasteiger partial charge is 0.414 e. The van der Waals surface area contributed by atoms with Gasteiger partial charge in [-0.2, -0.15) is 4.98 Å². The van der Waals surface area contributed by atoms with Gasteiger partial charge >= 0.3 is 12.2 Å². The van der Waals surface area contributed by atoms with Gasteiger partial charge in [-0.3, -0.25) is 10.6 Å². The Bertz CT molecular complexity index is 411. The summed E-state index contributed by atoms with van der Waals surface area (Å²) >= 11 is 0. The summed E-state index contributed by atoms with van der Waals surface area (Å²) in [6.07, 6.45) is -0.291. The van der Waals surface area contributed by atoms with Crippen LogP contribution in [0.2, 0.25) is 0 Å². The minimum Gasteiger partial charge on any atom is -0.453 e. The maximum absolute atomic E-state index is 11.1. The van der Waals surface area contributed by atoms with Crippen LogP contribution < -0.4 is 10.6 Å². The highest BCUT2D eigenvalue weighted by Gasteiger charge is 2.08. The second-order valence-corrected chi connectivity index (χ2v) is 2.59. The summed E-state index contributed by atoms with van der Waals surface area (Å²) in [6.45, 7) is 1.89. The van der Waals surface area contributed by atoms with Crippen molar-refractivity contribution in [2.75, 3.05) is 24.4 Å². The number of nitrogens with one attached hydrogen (secondary N) is 2. The van der Waals surface area contributed by atoms with Gasteiger partial charge in [0.05, 0.1) is 13.7 Å². The van der Waals surface area contributed by atoms with Gasteiger partial charge in [-0.15, -0.1) is 0 Å². The molecule has 0 atom stereocenters. The number of ether oxygens (including phenoxy) is 2. The molecule has 1 aromatic heterocycles. The van der Waals surface area contributed by atoms with E-state index in [1.54, 1.807) is 6.92 Å². The molecule has 0 aliphatic rings. The van der Waals surface area contributed by atoms with Crippen molar-refractivity contribution in [1.29, 1.82) is 0 Å². The van der Waals surface area contributed by atoms with Crippen LogP contribution in [0.5, 0.6) is 0 Å². The lowest BCUT2D eigenvalue weighted by atomic mass is 10.8. The van der Waals surface area contributed by atoms with Gasteiger partial charge in [-0.25, -0.2) is 19.6 Å². The second-order valence-electron chi connectivity index (χ2n) is 2.59. The summed E-state index contributed by atoms with van der Waals surface area (Å²) in [5.74, 6) is -0.0801. The Morgan fingerprint density at radius 3 is 2.35 bits per heavy atom. The van der Waals surface area contributed by atoms with Gasteiger partial charge in [0.2, 0.25) is 11.9 Å². The molecule has 1 heterocycles. The average molecular weight is 241 g/mol. The number of methoxy groups -OCH3 is 1. The number of nitrogens with zero attached hydrogens (tertiary/aromatic N) is 3. The Hall–Kier alpha value is -2.45. The van der Waals surface area contributed by atoms with Gasteiger partial charge in [0, 0.05) is 0 Å². The molecule has 0 fully saturated rings. The zero-order valence-electron chi connectivity index (χ0n) is 9.26. The van der Waals surface area contributed by atoms with Gasteiger partial charge in [0.1, 0.15) is 6.33 Å². The Morgan fingerprint density at radius 2 is 1.82 bits per heavy atom. The number of aromatic nitrogens is 3. The quantitative estimate of drug-likeness (QED) is 0.796. The van der Waals surface area contributed by atoms with Gasteiger partial charge in [-0.05, 0) is 6.92 Å². The largest absolute Gasteiger partial charge is 0.453 e. The third-order valence-corrected chi connectivity index (χ3v) is 1.46. The van der Waals surface area contributed by atoms with Crippen molar-refractivity contribution < 1.29 is 19.1 Å². The number of anilines is 2. The lowest BCUT2D eigenvalue weighted by Gasteiger charge is -2.05. The molecule has 92 valence electrons. The first kappa shape index (κ1) is 12.6. The SMILES string of the molecule is CCOC(=O)Nc1ncnc(NC(=O)OC)n1. The molecule has 9 nitrogen and oxygen atoms in total. The monoisotopic (exact) mass is 241 g/mol. The maximum atomic E-state index is 11.1. The Balaban J connectivity index is 2.65. The Labute approximate surface area is 96.6 Å². The molecule has 0 saturated heterocycles. The molecule has 17 heavy (non-hydrogen) atoms. The molecule has 2 amide bonds. The van der Waals surface area contributed by atoms with E-state index >= 15 is 0 Å².